The molecule has 1 amide bonds. The second kappa shape index (κ2) is 10.4. The average Bonchev–Trinajstić information content (AvgIpc) is 3.61. The van der Waals surface area contributed by atoms with Gasteiger partial charge in [0, 0.05) is 21.7 Å². The van der Waals surface area contributed by atoms with Gasteiger partial charge in [-0.3, -0.25) is 9.69 Å². The van der Waals surface area contributed by atoms with Gasteiger partial charge in [0.2, 0.25) is 10.0 Å². The van der Waals surface area contributed by atoms with Crippen molar-refractivity contribution < 1.29 is 17.9 Å². The molecule has 2 fully saturated rings. The second-order valence-electron chi connectivity index (χ2n) is 9.40. The Kier molecular flexibility index (Phi) is 7.77. The molecular formula is C25H30Cl2N2O4S. The molecule has 1 N–H and O–H groups in total. The Labute approximate surface area is 211 Å². The van der Waals surface area contributed by atoms with Gasteiger partial charge in [0.1, 0.15) is 5.75 Å². The van der Waals surface area contributed by atoms with E-state index in [1.54, 1.807) is 24.3 Å². The van der Waals surface area contributed by atoms with Gasteiger partial charge in [-0.15, -0.1) is 0 Å². The van der Waals surface area contributed by atoms with Crippen molar-refractivity contribution in [1.82, 2.24) is 9.62 Å². The van der Waals surface area contributed by atoms with Crippen LogP contribution in [0.5, 0.6) is 5.75 Å². The zero-order valence-corrected chi connectivity index (χ0v) is 21.7. The van der Waals surface area contributed by atoms with Crippen LogP contribution in [0.3, 0.4) is 0 Å². The third kappa shape index (κ3) is 6.66. The van der Waals surface area contributed by atoms with Crippen molar-refractivity contribution in [3.05, 3.63) is 63.1 Å². The topological polar surface area (TPSA) is 75.7 Å². The van der Waals surface area contributed by atoms with Gasteiger partial charge in [-0.25, -0.2) is 13.1 Å². The standard InChI is InChI=1S/C25H30Cl2N2O4S/c1-16(20-11-21(26)14-22(27)12-20)29-9-7-17(8-10-29)15-33-24-6-5-19(13-23(24)18-3-4-18)25(30)28-34(2,31)32/h5-6,11-14,16-18H,3-4,7-10,15H2,1-2H3,(H,28,30). The number of sulfonamides is 1. The fourth-order valence-corrected chi connectivity index (χ4v) is 5.50. The molecule has 2 aromatic rings. The first-order valence-corrected chi connectivity index (χ1v) is 14.2. The summed E-state index contributed by atoms with van der Waals surface area (Å²) in [4.78, 5) is 14.7. The molecule has 2 aliphatic rings. The minimum absolute atomic E-state index is 0.241. The van der Waals surface area contributed by atoms with Crippen molar-refractivity contribution >= 4 is 39.1 Å². The Morgan fingerprint density at radius 3 is 2.32 bits per heavy atom. The summed E-state index contributed by atoms with van der Waals surface area (Å²) < 4.78 is 31.0. The zero-order chi connectivity index (χ0) is 24.5. The number of nitrogens with zero attached hydrogens (tertiary/aromatic N) is 1. The monoisotopic (exact) mass is 524 g/mol. The summed E-state index contributed by atoms with van der Waals surface area (Å²) in [6.45, 7) is 4.75. The molecule has 1 saturated heterocycles. The Balaban J connectivity index is 1.34. The Bertz CT molecular complexity index is 1140. The number of piperidine rings is 1. The highest BCUT2D eigenvalue weighted by molar-refractivity contribution is 7.89. The predicted molar refractivity (Wildman–Crippen MR) is 135 cm³/mol. The highest BCUT2D eigenvalue weighted by Crippen LogP contribution is 2.45. The molecule has 1 unspecified atom stereocenters. The van der Waals surface area contributed by atoms with Gasteiger partial charge in [-0.1, -0.05) is 23.2 Å². The van der Waals surface area contributed by atoms with Gasteiger partial charge in [-0.2, -0.15) is 0 Å². The Morgan fingerprint density at radius 1 is 1.09 bits per heavy atom. The van der Waals surface area contributed by atoms with Crippen molar-refractivity contribution in [1.29, 1.82) is 0 Å². The number of amides is 1. The first kappa shape index (κ1) is 25.3. The Morgan fingerprint density at radius 2 is 1.74 bits per heavy atom. The summed E-state index contributed by atoms with van der Waals surface area (Å²) >= 11 is 12.4. The lowest BCUT2D eigenvalue weighted by Crippen LogP contribution is -2.37. The highest BCUT2D eigenvalue weighted by Gasteiger charge is 2.29. The largest absolute Gasteiger partial charge is 0.493 e. The molecule has 1 aliphatic carbocycles. The number of hydrogen-bond acceptors (Lipinski definition) is 5. The van der Waals surface area contributed by atoms with Crippen molar-refractivity contribution in [3.8, 4) is 5.75 Å². The molecule has 0 spiro atoms. The summed E-state index contributed by atoms with van der Waals surface area (Å²) in [5.74, 6) is 1.00. The number of hydrogen-bond donors (Lipinski definition) is 1. The second-order valence-corrected chi connectivity index (χ2v) is 12.0. The molecule has 0 bridgehead atoms. The number of likely N-dealkylation sites (tertiary alicyclic amines) is 1. The molecule has 0 radical (unpaired) electrons. The lowest BCUT2D eigenvalue weighted by Gasteiger charge is -2.36. The molecule has 34 heavy (non-hydrogen) atoms. The summed E-state index contributed by atoms with van der Waals surface area (Å²) in [6.07, 6.45) is 5.15. The number of ether oxygens (including phenoxy) is 1. The molecule has 4 rings (SSSR count). The van der Waals surface area contributed by atoms with Crippen LogP contribution in [0.2, 0.25) is 10.0 Å². The smallest absolute Gasteiger partial charge is 0.264 e. The van der Waals surface area contributed by atoms with Crippen molar-refractivity contribution in [2.24, 2.45) is 5.92 Å². The maximum absolute atomic E-state index is 12.2. The minimum atomic E-state index is -3.60. The number of nitrogens with one attached hydrogen (secondary N) is 1. The van der Waals surface area contributed by atoms with Crippen molar-refractivity contribution in [3.63, 3.8) is 0 Å². The van der Waals surface area contributed by atoms with E-state index in [1.165, 1.54) is 0 Å². The summed E-state index contributed by atoms with van der Waals surface area (Å²) in [7, 11) is -3.60. The van der Waals surface area contributed by atoms with Crippen LogP contribution in [-0.4, -0.2) is 45.2 Å². The number of halogens is 2. The number of carbonyl (C=O) groups is 1. The van der Waals surface area contributed by atoms with Crippen LogP contribution >= 0.6 is 23.2 Å². The highest BCUT2D eigenvalue weighted by atomic mass is 35.5. The summed E-state index contributed by atoms with van der Waals surface area (Å²) in [6, 6.07) is 11.1. The molecule has 0 aromatic heterocycles. The van der Waals surface area contributed by atoms with E-state index >= 15 is 0 Å². The minimum Gasteiger partial charge on any atom is -0.493 e. The molecule has 1 aliphatic heterocycles. The van der Waals surface area contributed by atoms with E-state index in [-0.39, 0.29) is 6.04 Å². The first-order chi connectivity index (χ1) is 16.1. The lowest BCUT2D eigenvalue weighted by atomic mass is 9.95. The normalized spacial score (nSPS) is 18.5. The van der Waals surface area contributed by atoms with Gasteiger partial charge in [-0.05, 0) is 105 Å². The maximum Gasteiger partial charge on any atom is 0.264 e. The van der Waals surface area contributed by atoms with E-state index in [9.17, 15) is 13.2 Å². The van der Waals surface area contributed by atoms with Gasteiger partial charge >= 0.3 is 0 Å². The fraction of sp³-hybridized carbons (Fsp3) is 0.480. The fourth-order valence-electron chi connectivity index (χ4n) is 4.50. The third-order valence-electron chi connectivity index (χ3n) is 6.61. The van der Waals surface area contributed by atoms with Gasteiger partial charge in [0.05, 0.1) is 12.9 Å². The number of carbonyl (C=O) groups excluding carboxylic acids is 1. The number of rotatable bonds is 8. The molecule has 6 nitrogen and oxygen atoms in total. The molecule has 184 valence electrons. The molecular weight excluding hydrogens is 495 g/mol. The first-order valence-electron chi connectivity index (χ1n) is 11.6. The number of benzene rings is 2. The van der Waals surface area contributed by atoms with E-state index in [1.807, 2.05) is 16.9 Å². The average molecular weight is 525 g/mol. The Hall–Kier alpha value is -1.80. The van der Waals surface area contributed by atoms with E-state index in [0.29, 0.717) is 34.1 Å². The van der Waals surface area contributed by atoms with Crippen LogP contribution in [0.4, 0.5) is 0 Å². The van der Waals surface area contributed by atoms with E-state index in [4.69, 9.17) is 27.9 Å². The van der Waals surface area contributed by atoms with Gasteiger partial charge in [0.15, 0.2) is 0 Å². The lowest BCUT2D eigenvalue weighted by molar-refractivity contribution is 0.0981. The molecule has 9 heteroatoms. The molecule has 1 heterocycles. The quantitative estimate of drug-likeness (QED) is 0.499. The van der Waals surface area contributed by atoms with Gasteiger partial charge < -0.3 is 4.74 Å². The van der Waals surface area contributed by atoms with E-state index in [2.05, 4.69) is 11.8 Å². The van der Waals surface area contributed by atoms with Crippen LogP contribution in [0.1, 0.15) is 66.1 Å². The predicted octanol–water partition coefficient (Wildman–Crippen LogP) is 5.41. The molecule has 2 aromatic carbocycles. The van der Waals surface area contributed by atoms with Crippen LogP contribution in [0, 0.1) is 5.92 Å². The summed E-state index contributed by atoms with van der Waals surface area (Å²) in [5, 5.41) is 1.31. The summed E-state index contributed by atoms with van der Waals surface area (Å²) in [5.41, 5.74) is 2.45. The maximum atomic E-state index is 12.2. The SMILES string of the molecule is CC(c1cc(Cl)cc(Cl)c1)N1CCC(COc2ccc(C(=O)NS(C)(=O)=O)cc2C2CC2)CC1. The van der Waals surface area contributed by atoms with Crippen LogP contribution in [0.15, 0.2) is 36.4 Å². The van der Waals surface area contributed by atoms with Crippen LogP contribution in [0.25, 0.3) is 0 Å². The van der Waals surface area contributed by atoms with Crippen molar-refractivity contribution in [2.75, 3.05) is 26.0 Å². The van der Waals surface area contributed by atoms with Crippen molar-refractivity contribution in [2.45, 2.75) is 44.6 Å². The van der Waals surface area contributed by atoms with E-state index < -0.39 is 15.9 Å². The zero-order valence-electron chi connectivity index (χ0n) is 19.4. The van der Waals surface area contributed by atoms with E-state index in [0.717, 1.165) is 61.9 Å². The molecule has 1 saturated carbocycles. The van der Waals surface area contributed by atoms with Crippen LogP contribution in [-0.2, 0) is 10.0 Å². The third-order valence-corrected chi connectivity index (χ3v) is 7.60. The van der Waals surface area contributed by atoms with Gasteiger partial charge in [0.25, 0.3) is 5.91 Å². The van der Waals surface area contributed by atoms with Crippen LogP contribution < -0.4 is 9.46 Å². The molecule has 1 atom stereocenters.